The van der Waals surface area contributed by atoms with Gasteiger partial charge in [0.2, 0.25) is 5.91 Å². The van der Waals surface area contributed by atoms with Crippen molar-refractivity contribution in [3.05, 3.63) is 16.1 Å². The summed E-state index contributed by atoms with van der Waals surface area (Å²) < 4.78 is 0. The molecular formula is C11H19N3OS. The van der Waals surface area contributed by atoms with Crippen LogP contribution >= 0.6 is 11.3 Å². The molecule has 0 aliphatic rings. The molecule has 4 nitrogen and oxygen atoms in total. The fourth-order valence-corrected chi connectivity index (χ4v) is 1.99. The average Bonchev–Trinajstić information content (AvgIpc) is 2.62. The largest absolute Gasteiger partial charge is 0.355 e. The smallest absolute Gasteiger partial charge is 0.224 e. The first kappa shape index (κ1) is 13.1. The van der Waals surface area contributed by atoms with Crippen molar-refractivity contribution in [2.75, 3.05) is 6.54 Å². The second-order valence-electron chi connectivity index (χ2n) is 4.07. The summed E-state index contributed by atoms with van der Waals surface area (Å²) in [4.78, 5) is 15.9. The van der Waals surface area contributed by atoms with Gasteiger partial charge in [0.05, 0.1) is 5.01 Å². The Hall–Kier alpha value is -0.940. The monoisotopic (exact) mass is 241 g/mol. The van der Waals surface area contributed by atoms with E-state index in [-0.39, 0.29) is 17.9 Å². The summed E-state index contributed by atoms with van der Waals surface area (Å²) in [6.07, 6.45) is 0.788. The predicted molar refractivity (Wildman–Crippen MR) is 66.4 cm³/mol. The molecule has 1 heterocycles. The van der Waals surface area contributed by atoms with E-state index in [0.29, 0.717) is 6.54 Å². The number of thiazole rings is 1. The van der Waals surface area contributed by atoms with Crippen LogP contribution in [0.3, 0.4) is 0 Å². The lowest BCUT2D eigenvalue weighted by Gasteiger charge is -2.14. The number of carbonyl (C=O) groups excluding carboxylic acids is 1. The van der Waals surface area contributed by atoms with E-state index in [4.69, 9.17) is 5.73 Å². The molecule has 1 aromatic rings. The Morgan fingerprint density at radius 1 is 1.62 bits per heavy atom. The van der Waals surface area contributed by atoms with Crippen LogP contribution in [0.25, 0.3) is 0 Å². The summed E-state index contributed by atoms with van der Waals surface area (Å²) in [5.74, 6) is -0.124. The molecule has 90 valence electrons. The van der Waals surface area contributed by atoms with Gasteiger partial charge < -0.3 is 11.1 Å². The third-order valence-electron chi connectivity index (χ3n) is 2.51. The van der Waals surface area contributed by atoms with Crippen molar-refractivity contribution in [1.29, 1.82) is 0 Å². The van der Waals surface area contributed by atoms with Crippen molar-refractivity contribution in [2.45, 2.75) is 33.2 Å². The van der Waals surface area contributed by atoms with E-state index >= 15 is 0 Å². The Kier molecular flexibility index (Phi) is 4.89. The zero-order valence-electron chi connectivity index (χ0n) is 9.99. The highest BCUT2D eigenvalue weighted by Crippen LogP contribution is 2.08. The minimum atomic E-state index is -0.141. The van der Waals surface area contributed by atoms with Gasteiger partial charge in [-0.3, -0.25) is 4.79 Å². The molecule has 0 fully saturated rings. The van der Waals surface area contributed by atoms with E-state index < -0.39 is 0 Å². The first-order valence-electron chi connectivity index (χ1n) is 5.45. The minimum Gasteiger partial charge on any atom is -0.355 e. The van der Waals surface area contributed by atoms with Gasteiger partial charge in [-0.1, -0.05) is 6.92 Å². The molecule has 1 aromatic heterocycles. The second kappa shape index (κ2) is 5.96. The molecule has 0 aliphatic carbocycles. The van der Waals surface area contributed by atoms with E-state index in [1.165, 1.54) is 0 Å². The maximum atomic E-state index is 11.6. The molecule has 5 heteroatoms. The zero-order valence-corrected chi connectivity index (χ0v) is 10.8. The summed E-state index contributed by atoms with van der Waals surface area (Å²) in [5, 5.41) is 5.95. The first-order chi connectivity index (χ1) is 7.50. The number of rotatable bonds is 5. The van der Waals surface area contributed by atoms with Gasteiger partial charge in [-0.25, -0.2) is 4.98 Å². The van der Waals surface area contributed by atoms with Crippen molar-refractivity contribution in [3.8, 4) is 0 Å². The number of amides is 1. The van der Waals surface area contributed by atoms with E-state index in [9.17, 15) is 4.79 Å². The third-order valence-corrected chi connectivity index (χ3v) is 3.53. The lowest BCUT2D eigenvalue weighted by Crippen LogP contribution is -2.39. The molecule has 16 heavy (non-hydrogen) atoms. The SMILES string of the molecule is Cc1csc(CCNC(=O)C(C)C(C)N)n1. The molecule has 1 rings (SSSR count). The number of nitrogens with zero attached hydrogens (tertiary/aromatic N) is 1. The van der Waals surface area contributed by atoms with Crippen LogP contribution in [0.15, 0.2) is 5.38 Å². The van der Waals surface area contributed by atoms with Crippen LogP contribution in [0.4, 0.5) is 0 Å². The summed E-state index contributed by atoms with van der Waals surface area (Å²) in [6.45, 7) is 6.28. The topological polar surface area (TPSA) is 68.0 Å². The van der Waals surface area contributed by atoms with Gasteiger partial charge in [0, 0.05) is 36.0 Å². The highest BCUT2D eigenvalue weighted by molar-refractivity contribution is 7.09. The highest BCUT2D eigenvalue weighted by atomic mass is 32.1. The van der Waals surface area contributed by atoms with Crippen molar-refractivity contribution >= 4 is 17.2 Å². The van der Waals surface area contributed by atoms with Gasteiger partial charge in [0.15, 0.2) is 0 Å². The number of hydrogen-bond acceptors (Lipinski definition) is 4. The molecule has 2 atom stereocenters. The Bertz CT molecular complexity index is 349. The van der Waals surface area contributed by atoms with Crippen LogP contribution in [0.5, 0.6) is 0 Å². The zero-order chi connectivity index (χ0) is 12.1. The van der Waals surface area contributed by atoms with E-state index in [1.807, 2.05) is 26.2 Å². The van der Waals surface area contributed by atoms with E-state index in [1.54, 1.807) is 11.3 Å². The van der Waals surface area contributed by atoms with Gasteiger partial charge in [0.1, 0.15) is 0 Å². The van der Waals surface area contributed by atoms with Crippen molar-refractivity contribution in [3.63, 3.8) is 0 Å². The van der Waals surface area contributed by atoms with Crippen LogP contribution in [0, 0.1) is 12.8 Å². The first-order valence-corrected chi connectivity index (χ1v) is 6.33. The lowest BCUT2D eigenvalue weighted by atomic mass is 10.0. The van der Waals surface area contributed by atoms with Crippen LogP contribution in [-0.2, 0) is 11.2 Å². The standard InChI is InChI=1S/C11H19N3OS/c1-7-6-16-10(14-7)4-5-13-11(15)8(2)9(3)12/h6,8-9H,4-5,12H2,1-3H3,(H,13,15). The Labute approximate surface area is 100 Å². The molecule has 3 N–H and O–H groups in total. The van der Waals surface area contributed by atoms with Crippen LogP contribution in [0.1, 0.15) is 24.5 Å². The fourth-order valence-electron chi connectivity index (χ4n) is 1.21. The number of nitrogens with one attached hydrogen (secondary N) is 1. The molecule has 0 aliphatic heterocycles. The van der Waals surface area contributed by atoms with Crippen LogP contribution in [0.2, 0.25) is 0 Å². The second-order valence-corrected chi connectivity index (χ2v) is 5.01. The van der Waals surface area contributed by atoms with Crippen molar-refractivity contribution in [2.24, 2.45) is 11.7 Å². The van der Waals surface area contributed by atoms with Gasteiger partial charge in [0.25, 0.3) is 0 Å². The molecule has 0 radical (unpaired) electrons. The number of aromatic nitrogens is 1. The summed E-state index contributed by atoms with van der Waals surface area (Å²) in [7, 11) is 0. The predicted octanol–water partition coefficient (Wildman–Crippen LogP) is 1.09. The quantitative estimate of drug-likeness (QED) is 0.811. The van der Waals surface area contributed by atoms with Gasteiger partial charge in [-0.15, -0.1) is 11.3 Å². The maximum absolute atomic E-state index is 11.6. The maximum Gasteiger partial charge on any atom is 0.224 e. The normalized spacial score (nSPS) is 14.5. The van der Waals surface area contributed by atoms with Gasteiger partial charge in [-0.05, 0) is 13.8 Å². The number of hydrogen-bond donors (Lipinski definition) is 2. The van der Waals surface area contributed by atoms with Crippen LogP contribution in [-0.4, -0.2) is 23.5 Å². The Balaban J connectivity index is 2.28. The number of carbonyl (C=O) groups is 1. The third kappa shape index (κ3) is 3.90. The van der Waals surface area contributed by atoms with E-state index in [2.05, 4.69) is 10.3 Å². The van der Waals surface area contributed by atoms with Crippen LogP contribution < -0.4 is 11.1 Å². The molecule has 0 saturated carbocycles. The van der Waals surface area contributed by atoms with Gasteiger partial charge in [-0.2, -0.15) is 0 Å². The van der Waals surface area contributed by atoms with Crippen molar-refractivity contribution in [1.82, 2.24) is 10.3 Å². The highest BCUT2D eigenvalue weighted by Gasteiger charge is 2.16. The Morgan fingerprint density at radius 3 is 2.81 bits per heavy atom. The van der Waals surface area contributed by atoms with E-state index in [0.717, 1.165) is 17.1 Å². The molecule has 1 amide bonds. The number of nitrogens with two attached hydrogens (primary N) is 1. The summed E-state index contributed by atoms with van der Waals surface area (Å²) in [6, 6.07) is -0.109. The molecule has 2 unspecified atom stereocenters. The summed E-state index contributed by atoms with van der Waals surface area (Å²) >= 11 is 1.63. The fraction of sp³-hybridized carbons (Fsp3) is 0.636. The molecule has 0 aromatic carbocycles. The molecule has 0 saturated heterocycles. The molecular weight excluding hydrogens is 222 g/mol. The van der Waals surface area contributed by atoms with Crippen molar-refractivity contribution < 1.29 is 4.79 Å². The molecule has 0 bridgehead atoms. The minimum absolute atomic E-state index is 0.0169. The Morgan fingerprint density at radius 2 is 2.31 bits per heavy atom. The average molecular weight is 241 g/mol. The molecule has 0 spiro atoms. The summed E-state index contributed by atoms with van der Waals surface area (Å²) in [5.41, 5.74) is 6.69. The lowest BCUT2D eigenvalue weighted by molar-refractivity contribution is -0.124. The number of aryl methyl sites for hydroxylation is 1. The van der Waals surface area contributed by atoms with Gasteiger partial charge >= 0.3 is 0 Å².